The fourth-order valence-corrected chi connectivity index (χ4v) is 2.84. The fraction of sp³-hybridized carbons (Fsp3) is 0.286. The third kappa shape index (κ3) is 5.18. The summed E-state index contributed by atoms with van der Waals surface area (Å²) in [6.07, 6.45) is -5.03. The fourth-order valence-electron chi connectivity index (χ4n) is 2.84. The van der Waals surface area contributed by atoms with E-state index in [-0.39, 0.29) is 17.7 Å². The molecular formula is C21H20O8. The minimum atomic E-state index is -1.56. The van der Waals surface area contributed by atoms with E-state index in [1.807, 2.05) is 0 Å². The lowest BCUT2D eigenvalue weighted by molar-refractivity contribution is -0.155. The molecule has 1 unspecified atom stereocenters. The van der Waals surface area contributed by atoms with Crippen LogP contribution in [0.15, 0.2) is 60.7 Å². The number of ether oxygens (including phenoxy) is 4. The van der Waals surface area contributed by atoms with Crippen molar-refractivity contribution in [1.29, 1.82) is 0 Å². The second kappa shape index (κ2) is 9.31. The van der Waals surface area contributed by atoms with Crippen LogP contribution in [-0.2, 0) is 23.7 Å². The maximum atomic E-state index is 12.5. The van der Waals surface area contributed by atoms with Crippen LogP contribution in [0.4, 0.5) is 0 Å². The Kier molecular flexibility index (Phi) is 6.58. The summed E-state index contributed by atoms with van der Waals surface area (Å²) in [5, 5.41) is 10.2. The number of aliphatic hydroxyl groups is 1. The van der Waals surface area contributed by atoms with Gasteiger partial charge in [-0.05, 0) is 24.3 Å². The number of carbonyl (C=O) groups is 3. The summed E-state index contributed by atoms with van der Waals surface area (Å²) >= 11 is 0. The molecule has 0 saturated carbocycles. The molecule has 4 atom stereocenters. The molecule has 0 amide bonds. The molecule has 0 spiro atoms. The third-order valence-electron chi connectivity index (χ3n) is 4.24. The van der Waals surface area contributed by atoms with Crippen molar-refractivity contribution < 1.29 is 38.4 Å². The molecule has 8 nitrogen and oxygen atoms in total. The molecule has 3 rings (SSSR count). The van der Waals surface area contributed by atoms with E-state index in [2.05, 4.69) is 0 Å². The second-order valence-corrected chi connectivity index (χ2v) is 6.34. The highest BCUT2D eigenvalue weighted by Crippen LogP contribution is 2.27. The Bertz CT molecular complexity index is 851. The van der Waals surface area contributed by atoms with Gasteiger partial charge in [0.15, 0.2) is 18.5 Å². The molecule has 1 fully saturated rings. The van der Waals surface area contributed by atoms with Crippen LogP contribution in [0.1, 0.15) is 27.6 Å². The molecule has 2 aromatic rings. The second-order valence-electron chi connectivity index (χ2n) is 6.34. The highest BCUT2D eigenvalue weighted by atomic mass is 16.7. The number of hydrogen-bond acceptors (Lipinski definition) is 8. The zero-order valence-electron chi connectivity index (χ0n) is 15.6. The van der Waals surface area contributed by atoms with E-state index in [4.69, 9.17) is 18.9 Å². The average molecular weight is 400 g/mol. The first-order chi connectivity index (χ1) is 14.0. The monoisotopic (exact) mass is 400 g/mol. The normalized spacial score (nSPS) is 23.2. The van der Waals surface area contributed by atoms with Gasteiger partial charge in [0, 0.05) is 6.92 Å². The van der Waals surface area contributed by atoms with Gasteiger partial charge < -0.3 is 24.1 Å². The maximum absolute atomic E-state index is 12.5. The lowest BCUT2D eigenvalue weighted by atomic mass is 10.1. The predicted molar refractivity (Wildman–Crippen MR) is 98.8 cm³/mol. The smallest absolute Gasteiger partial charge is 0.338 e. The molecule has 1 aliphatic heterocycles. The standard InChI is InChI=1S/C21H20O8/c1-13(22)26-12-16-17(28-19(23)14-8-4-2-5-9-14)18(21(25)27-16)29-20(24)15-10-6-3-7-11-15/h2-11,16-18,21,25H,12H2,1H3/t16-,17-,18-,21?/m1/s1. The lowest BCUT2D eigenvalue weighted by Crippen LogP contribution is -2.41. The molecule has 2 aromatic carbocycles. The molecule has 1 aliphatic rings. The molecule has 8 heteroatoms. The van der Waals surface area contributed by atoms with Crippen molar-refractivity contribution in [2.45, 2.75) is 31.5 Å². The third-order valence-corrected chi connectivity index (χ3v) is 4.24. The largest absolute Gasteiger partial charge is 0.463 e. The molecule has 0 radical (unpaired) electrons. The Morgan fingerprint density at radius 2 is 1.34 bits per heavy atom. The van der Waals surface area contributed by atoms with Gasteiger partial charge in [0.1, 0.15) is 12.7 Å². The van der Waals surface area contributed by atoms with Crippen LogP contribution in [0.25, 0.3) is 0 Å². The van der Waals surface area contributed by atoms with Gasteiger partial charge in [-0.1, -0.05) is 36.4 Å². The molecule has 0 aromatic heterocycles. The van der Waals surface area contributed by atoms with Crippen LogP contribution < -0.4 is 0 Å². The molecule has 0 aliphatic carbocycles. The Balaban J connectivity index is 1.78. The van der Waals surface area contributed by atoms with Crippen molar-refractivity contribution in [3.05, 3.63) is 71.8 Å². The lowest BCUT2D eigenvalue weighted by Gasteiger charge is -2.23. The molecule has 152 valence electrons. The van der Waals surface area contributed by atoms with Crippen molar-refractivity contribution in [3.63, 3.8) is 0 Å². The SMILES string of the molecule is CC(=O)OC[C@H]1OC(O)[C@H](OC(=O)c2ccccc2)[C@@H]1OC(=O)c1ccccc1. The summed E-state index contributed by atoms with van der Waals surface area (Å²) in [5.74, 6) is -1.98. The molecular weight excluding hydrogens is 380 g/mol. The highest BCUT2D eigenvalue weighted by Gasteiger charge is 2.49. The van der Waals surface area contributed by atoms with Gasteiger partial charge in [0.25, 0.3) is 0 Å². The number of rotatable bonds is 6. The van der Waals surface area contributed by atoms with E-state index in [9.17, 15) is 19.5 Å². The van der Waals surface area contributed by atoms with E-state index < -0.39 is 42.5 Å². The Morgan fingerprint density at radius 1 is 0.862 bits per heavy atom. The van der Waals surface area contributed by atoms with E-state index in [0.717, 1.165) is 0 Å². The van der Waals surface area contributed by atoms with Gasteiger partial charge in [0.2, 0.25) is 0 Å². The summed E-state index contributed by atoms with van der Waals surface area (Å²) in [4.78, 5) is 36.0. The van der Waals surface area contributed by atoms with Gasteiger partial charge in [-0.3, -0.25) is 4.79 Å². The van der Waals surface area contributed by atoms with E-state index >= 15 is 0 Å². The summed E-state index contributed by atoms with van der Waals surface area (Å²) in [6.45, 7) is 0.932. The van der Waals surface area contributed by atoms with Crippen LogP contribution in [0, 0.1) is 0 Å². The van der Waals surface area contributed by atoms with E-state index in [1.54, 1.807) is 60.7 Å². The molecule has 1 heterocycles. The van der Waals surface area contributed by atoms with Crippen molar-refractivity contribution >= 4 is 17.9 Å². The van der Waals surface area contributed by atoms with Crippen molar-refractivity contribution in [3.8, 4) is 0 Å². The summed E-state index contributed by atoms with van der Waals surface area (Å²) in [7, 11) is 0. The molecule has 1 saturated heterocycles. The number of carbonyl (C=O) groups excluding carboxylic acids is 3. The zero-order chi connectivity index (χ0) is 20.8. The van der Waals surface area contributed by atoms with Crippen LogP contribution in [-0.4, -0.2) is 54.2 Å². The summed E-state index contributed by atoms with van der Waals surface area (Å²) in [5.41, 5.74) is 0.532. The van der Waals surface area contributed by atoms with Gasteiger partial charge in [-0.25, -0.2) is 9.59 Å². The number of esters is 3. The van der Waals surface area contributed by atoms with Crippen LogP contribution in [0.3, 0.4) is 0 Å². The minimum absolute atomic E-state index is 0.260. The predicted octanol–water partition coefficient (Wildman–Crippen LogP) is 1.72. The zero-order valence-corrected chi connectivity index (χ0v) is 15.6. The minimum Gasteiger partial charge on any atom is -0.463 e. The van der Waals surface area contributed by atoms with Crippen LogP contribution >= 0.6 is 0 Å². The van der Waals surface area contributed by atoms with Gasteiger partial charge in [-0.2, -0.15) is 0 Å². The number of hydrogen-bond donors (Lipinski definition) is 1. The topological polar surface area (TPSA) is 108 Å². The van der Waals surface area contributed by atoms with E-state index in [0.29, 0.717) is 0 Å². The van der Waals surface area contributed by atoms with Crippen molar-refractivity contribution in [2.24, 2.45) is 0 Å². The van der Waals surface area contributed by atoms with Gasteiger partial charge >= 0.3 is 17.9 Å². The van der Waals surface area contributed by atoms with Gasteiger partial charge in [-0.15, -0.1) is 0 Å². The Hall–Kier alpha value is -3.23. The van der Waals surface area contributed by atoms with Crippen molar-refractivity contribution in [2.75, 3.05) is 6.61 Å². The number of benzene rings is 2. The van der Waals surface area contributed by atoms with Gasteiger partial charge in [0.05, 0.1) is 11.1 Å². The first-order valence-corrected chi connectivity index (χ1v) is 8.94. The molecule has 0 bridgehead atoms. The summed E-state index contributed by atoms with van der Waals surface area (Å²) in [6, 6.07) is 16.3. The van der Waals surface area contributed by atoms with Crippen molar-refractivity contribution in [1.82, 2.24) is 0 Å². The average Bonchev–Trinajstić information content (AvgIpc) is 3.02. The van der Waals surface area contributed by atoms with Crippen LogP contribution in [0.5, 0.6) is 0 Å². The van der Waals surface area contributed by atoms with Crippen LogP contribution in [0.2, 0.25) is 0 Å². The quantitative estimate of drug-likeness (QED) is 0.577. The maximum Gasteiger partial charge on any atom is 0.338 e. The first-order valence-electron chi connectivity index (χ1n) is 8.94. The first kappa shape index (κ1) is 20.5. The van der Waals surface area contributed by atoms with E-state index in [1.165, 1.54) is 6.92 Å². The molecule has 29 heavy (non-hydrogen) atoms. The number of aliphatic hydroxyl groups excluding tert-OH is 1. The summed E-state index contributed by atoms with van der Waals surface area (Å²) < 4.78 is 21.1. The highest BCUT2D eigenvalue weighted by molar-refractivity contribution is 5.90. The Morgan fingerprint density at radius 3 is 1.83 bits per heavy atom. The Labute approximate surface area is 167 Å². The molecule has 1 N–H and O–H groups in total.